The molecule has 2 unspecified atom stereocenters. The summed E-state index contributed by atoms with van der Waals surface area (Å²) in [6, 6.07) is 2.20. The molecule has 0 aliphatic carbocycles. The third-order valence-electron chi connectivity index (χ3n) is 6.17. The molecule has 0 aliphatic heterocycles. The Balaban J connectivity index is 2.36. The highest BCUT2D eigenvalue weighted by atomic mass is 15.3. The van der Waals surface area contributed by atoms with Gasteiger partial charge in [0.25, 0.3) is 5.95 Å². The van der Waals surface area contributed by atoms with Crippen molar-refractivity contribution in [2.45, 2.75) is 79.1 Å². The highest BCUT2D eigenvalue weighted by Crippen LogP contribution is 2.37. The highest BCUT2D eigenvalue weighted by Gasteiger charge is 2.20. The van der Waals surface area contributed by atoms with E-state index in [-0.39, 0.29) is 17.2 Å². The van der Waals surface area contributed by atoms with Gasteiger partial charge in [-0.3, -0.25) is 0 Å². The number of unbranched alkanes of at least 4 members (excludes halogenated alkanes) is 2. The van der Waals surface area contributed by atoms with E-state index in [1.54, 1.807) is 0 Å². The van der Waals surface area contributed by atoms with E-state index in [0.717, 1.165) is 38.8 Å². The first-order valence-corrected chi connectivity index (χ1v) is 12.6. The number of nitrogens with two attached hydrogens (primary N) is 1. The molecule has 186 valence electrons. The fourth-order valence-electron chi connectivity index (χ4n) is 3.77. The van der Waals surface area contributed by atoms with Gasteiger partial charge in [0.05, 0.1) is 5.69 Å². The van der Waals surface area contributed by atoms with Crippen molar-refractivity contribution >= 4 is 29.0 Å². The second-order valence-corrected chi connectivity index (χ2v) is 8.66. The Bertz CT molecular complexity index is 917. The third-order valence-corrected chi connectivity index (χ3v) is 6.17. The van der Waals surface area contributed by atoms with E-state index in [9.17, 15) is 5.26 Å². The van der Waals surface area contributed by atoms with E-state index >= 15 is 0 Å². The van der Waals surface area contributed by atoms with E-state index in [1.165, 1.54) is 32.0 Å². The maximum absolute atomic E-state index is 9.85. The van der Waals surface area contributed by atoms with Crippen LogP contribution in [-0.2, 0) is 0 Å². The zero-order valence-corrected chi connectivity index (χ0v) is 21.1. The summed E-state index contributed by atoms with van der Waals surface area (Å²) in [5.74, 6) is 2.27. The Hall–Kier alpha value is -3.22. The number of hydrogen-bond acceptors (Lipinski definition) is 9. The summed E-state index contributed by atoms with van der Waals surface area (Å²) in [5, 5.41) is 31.5. The summed E-state index contributed by atoms with van der Waals surface area (Å²) in [6.07, 6.45) is 10.5. The minimum Gasteiger partial charge on any atom is -0.396 e. The molecule has 34 heavy (non-hydrogen) atoms. The Morgan fingerprint density at radius 1 is 1.00 bits per heavy atom. The van der Waals surface area contributed by atoms with E-state index in [4.69, 9.17) is 10.7 Å². The number of pyridine rings is 1. The molecule has 0 amide bonds. The lowest BCUT2D eigenvalue weighted by molar-refractivity contribution is 0.471. The average Bonchev–Trinajstić information content (AvgIpc) is 3.37. The van der Waals surface area contributed by atoms with Gasteiger partial charge in [-0.25, -0.2) is 10.1 Å². The van der Waals surface area contributed by atoms with Crippen LogP contribution in [0.15, 0.2) is 16.6 Å². The lowest BCUT2D eigenvalue weighted by Gasteiger charge is -2.20. The Kier molecular flexibility index (Phi) is 11.8. The van der Waals surface area contributed by atoms with Crippen LogP contribution < -0.4 is 16.4 Å². The molecule has 2 aromatic rings. The van der Waals surface area contributed by atoms with E-state index in [2.05, 4.69) is 69.8 Å². The topological polar surface area (TPSA) is 153 Å². The first-order valence-electron chi connectivity index (χ1n) is 12.6. The molecule has 10 heteroatoms. The van der Waals surface area contributed by atoms with Gasteiger partial charge in [-0.15, -0.1) is 10.2 Å². The molecule has 0 spiro atoms. The Labute approximate surface area is 203 Å². The number of aromatic amines is 1. The van der Waals surface area contributed by atoms with Gasteiger partial charge in [0.2, 0.25) is 0 Å². The molecule has 2 rings (SSSR count). The lowest BCUT2D eigenvalue weighted by Crippen LogP contribution is -2.18. The summed E-state index contributed by atoms with van der Waals surface area (Å²) in [4.78, 5) is 8.72. The van der Waals surface area contributed by atoms with E-state index in [1.807, 2.05) is 0 Å². The van der Waals surface area contributed by atoms with Crippen molar-refractivity contribution in [3.05, 3.63) is 11.9 Å². The van der Waals surface area contributed by atoms with Gasteiger partial charge in [0, 0.05) is 13.1 Å². The van der Waals surface area contributed by atoms with Crippen LogP contribution in [0, 0.1) is 23.2 Å². The molecule has 0 saturated carbocycles. The van der Waals surface area contributed by atoms with Crippen LogP contribution in [0.1, 0.15) is 84.6 Å². The number of nitrogen functional groups attached to an aromatic ring is 1. The number of H-pyrrole nitrogens is 1. The summed E-state index contributed by atoms with van der Waals surface area (Å²) >= 11 is 0. The first kappa shape index (κ1) is 27.0. The van der Waals surface area contributed by atoms with Crippen molar-refractivity contribution in [1.82, 2.24) is 20.2 Å². The van der Waals surface area contributed by atoms with E-state index < -0.39 is 0 Å². The number of nitrogens with zero attached hydrogens (tertiary/aromatic N) is 6. The van der Waals surface area contributed by atoms with Gasteiger partial charge in [-0.05, 0) is 24.7 Å². The summed E-state index contributed by atoms with van der Waals surface area (Å²) < 4.78 is 0. The van der Waals surface area contributed by atoms with Crippen molar-refractivity contribution in [1.29, 1.82) is 5.26 Å². The van der Waals surface area contributed by atoms with Gasteiger partial charge < -0.3 is 16.4 Å². The maximum atomic E-state index is 9.85. The van der Waals surface area contributed by atoms with Gasteiger partial charge in [-0.2, -0.15) is 15.3 Å². The number of anilines is 3. The quantitative estimate of drug-likeness (QED) is 0.210. The molecule has 2 aromatic heterocycles. The second-order valence-electron chi connectivity index (χ2n) is 8.66. The van der Waals surface area contributed by atoms with Crippen LogP contribution in [0.2, 0.25) is 0 Å². The zero-order valence-electron chi connectivity index (χ0n) is 21.1. The monoisotopic (exact) mass is 468 g/mol. The molecule has 2 atom stereocenters. The summed E-state index contributed by atoms with van der Waals surface area (Å²) in [7, 11) is 0. The SMILES string of the molecule is CCCCC(CC)CNc1nc(NCC(CC)CCCC)c(N=Nc2ncn[nH]2)c(N)c1C#N. The number of rotatable bonds is 16. The van der Waals surface area contributed by atoms with Crippen molar-refractivity contribution in [3.63, 3.8) is 0 Å². The molecule has 0 aliphatic rings. The van der Waals surface area contributed by atoms with Crippen molar-refractivity contribution < 1.29 is 0 Å². The van der Waals surface area contributed by atoms with Crippen LogP contribution in [0.4, 0.5) is 29.0 Å². The molecule has 10 nitrogen and oxygen atoms in total. The van der Waals surface area contributed by atoms with E-state index in [0.29, 0.717) is 29.2 Å². The molecule has 0 saturated heterocycles. The summed E-state index contributed by atoms with van der Waals surface area (Å²) in [6.45, 7) is 10.3. The van der Waals surface area contributed by atoms with Crippen LogP contribution in [0.3, 0.4) is 0 Å². The van der Waals surface area contributed by atoms with Crippen LogP contribution in [0.5, 0.6) is 0 Å². The number of aromatic nitrogens is 4. The van der Waals surface area contributed by atoms with Crippen molar-refractivity contribution in [3.8, 4) is 6.07 Å². The smallest absolute Gasteiger partial charge is 0.264 e. The largest absolute Gasteiger partial charge is 0.396 e. The predicted octanol–water partition coefficient (Wildman–Crippen LogP) is 6.33. The van der Waals surface area contributed by atoms with Gasteiger partial charge in [0.15, 0.2) is 11.5 Å². The van der Waals surface area contributed by atoms with Gasteiger partial charge >= 0.3 is 0 Å². The molecular weight excluding hydrogens is 428 g/mol. The fourth-order valence-corrected chi connectivity index (χ4v) is 3.77. The normalized spacial score (nSPS) is 13.0. The highest BCUT2D eigenvalue weighted by molar-refractivity contribution is 5.84. The molecule has 0 bridgehead atoms. The van der Waals surface area contributed by atoms with Crippen molar-refractivity contribution in [2.75, 3.05) is 29.5 Å². The second kappa shape index (κ2) is 14.8. The lowest BCUT2D eigenvalue weighted by atomic mass is 9.99. The van der Waals surface area contributed by atoms with Crippen LogP contribution in [-0.4, -0.2) is 33.3 Å². The molecule has 2 heterocycles. The average molecular weight is 469 g/mol. The molecular formula is C24H40N10. The number of hydrogen-bond donors (Lipinski definition) is 4. The minimum atomic E-state index is 0.244. The predicted molar refractivity (Wildman–Crippen MR) is 138 cm³/mol. The Morgan fingerprint density at radius 2 is 1.62 bits per heavy atom. The molecule has 0 aromatic carbocycles. The number of azo groups is 1. The van der Waals surface area contributed by atoms with Crippen LogP contribution in [0.25, 0.3) is 0 Å². The standard InChI is InChI=1S/C24H40N10/c1-5-9-11-17(7-3)14-27-22-19(13-25)20(26)21(32-34-24-29-16-30-33-24)23(31-22)28-15-18(8-4)12-10-6-2/h16-18H,5-12,14-15H2,1-4H3,(H,29,30,33)(H4,26,27,28,31). The summed E-state index contributed by atoms with van der Waals surface area (Å²) in [5.41, 5.74) is 7.29. The molecule has 0 fully saturated rings. The number of nitrogens with one attached hydrogen (secondary N) is 3. The minimum absolute atomic E-state index is 0.244. The third kappa shape index (κ3) is 7.97. The van der Waals surface area contributed by atoms with Gasteiger partial charge in [0.1, 0.15) is 23.8 Å². The maximum Gasteiger partial charge on any atom is 0.264 e. The van der Waals surface area contributed by atoms with Crippen molar-refractivity contribution in [2.24, 2.45) is 22.1 Å². The fraction of sp³-hybridized carbons (Fsp3) is 0.667. The molecule has 0 radical (unpaired) electrons. The number of nitriles is 1. The zero-order chi connectivity index (χ0) is 24.8. The van der Waals surface area contributed by atoms with Crippen LogP contribution >= 0.6 is 0 Å². The first-order chi connectivity index (χ1) is 16.6. The molecule has 5 N–H and O–H groups in total. The Morgan fingerprint density at radius 3 is 2.12 bits per heavy atom. The van der Waals surface area contributed by atoms with Gasteiger partial charge in [-0.1, -0.05) is 66.2 Å².